The van der Waals surface area contributed by atoms with Gasteiger partial charge in [0.1, 0.15) is 0 Å². The van der Waals surface area contributed by atoms with Crippen molar-refractivity contribution in [2.75, 3.05) is 41.4 Å². The van der Waals surface area contributed by atoms with Crippen molar-refractivity contribution in [3.05, 3.63) is 58.4 Å². The average Bonchev–Trinajstić information content (AvgIpc) is 3.38. The molecule has 0 saturated carbocycles. The second-order valence-corrected chi connectivity index (χ2v) is 8.80. The Morgan fingerprint density at radius 1 is 0.886 bits per heavy atom. The van der Waals surface area contributed by atoms with Crippen LogP contribution >= 0.6 is 0 Å². The summed E-state index contributed by atoms with van der Waals surface area (Å²) < 4.78 is 1.84. The van der Waals surface area contributed by atoms with Gasteiger partial charge in [-0.15, -0.1) is 0 Å². The van der Waals surface area contributed by atoms with Gasteiger partial charge >= 0.3 is 0 Å². The lowest BCUT2D eigenvalue weighted by Gasteiger charge is -2.30. The Bertz CT molecular complexity index is 1160. The molecular weight excluding hydrogens is 446 g/mol. The van der Waals surface area contributed by atoms with Crippen molar-refractivity contribution in [2.45, 2.75) is 38.5 Å². The normalized spacial score (nSPS) is 16.6. The second-order valence-electron chi connectivity index (χ2n) is 8.80. The lowest BCUT2D eigenvalue weighted by molar-refractivity contribution is -0.384. The minimum atomic E-state index is -0.400. The van der Waals surface area contributed by atoms with Crippen LogP contribution in [0.4, 0.5) is 23.5 Å². The van der Waals surface area contributed by atoms with Gasteiger partial charge in [0, 0.05) is 44.5 Å². The molecular formula is C24H29N9O2. The van der Waals surface area contributed by atoms with E-state index in [2.05, 4.69) is 30.3 Å². The van der Waals surface area contributed by atoms with Gasteiger partial charge in [-0.05, 0) is 56.7 Å². The van der Waals surface area contributed by atoms with E-state index in [-0.39, 0.29) is 5.69 Å². The zero-order chi connectivity index (χ0) is 24.0. The summed E-state index contributed by atoms with van der Waals surface area (Å²) >= 11 is 0. The third-order valence-electron chi connectivity index (χ3n) is 6.35. The number of hydrogen-bond donors (Lipinski definition) is 1. The SMILES string of the molecule is O=[N+]([O-])c1cccc(-n2cccc2C=NNc2nc(N3CCCCC3)nc(N3CCCCC3)n2)c1. The number of hydrogen-bond acceptors (Lipinski definition) is 9. The van der Waals surface area contributed by atoms with Gasteiger partial charge in [-0.2, -0.15) is 20.1 Å². The monoisotopic (exact) mass is 475 g/mol. The molecule has 0 unspecified atom stereocenters. The molecule has 0 spiro atoms. The van der Waals surface area contributed by atoms with Crippen LogP contribution in [0, 0.1) is 10.1 Å². The maximum Gasteiger partial charge on any atom is 0.271 e. The number of nitrogens with one attached hydrogen (secondary N) is 1. The fourth-order valence-corrected chi connectivity index (χ4v) is 4.52. The molecule has 1 N–H and O–H groups in total. The van der Waals surface area contributed by atoms with E-state index in [9.17, 15) is 10.1 Å². The van der Waals surface area contributed by atoms with Crippen LogP contribution in [0.25, 0.3) is 5.69 Å². The molecule has 3 aromatic rings. The highest BCUT2D eigenvalue weighted by atomic mass is 16.6. The fourth-order valence-electron chi connectivity index (χ4n) is 4.52. The van der Waals surface area contributed by atoms with E-state index in [1.54, 1.807) is 12.3 Å². The molecule has 2 saturated heterocycles. The zero-order valence-electron chi connectivity index (χ0n) is 19.6. The molecule has 2 aliphatic rings. The molecule has 2 fully saturated rings. The van der Waals surface area contributed by atoms with Gasteiger partial charge in [0.15, 0.2) is 0 Å². The van der Waals surface area contributed by atoms with Crippen molar-refractivity contribution in [2.24, 2.45) is 5.10 Å². The van der Waals surface area contributed by atoms with E-state index in [1.807, 2.05) is 29.0 Å². The van der Waals surface area contributed by atoms with E-state index >= 15 is 0 Å². The van der Waals surface area contributed by atoms with Gasteiger partial charge < -0.3 is 14.4 Å². The molecule has 0 radical (unpaired) electrons. The summed E-state index contributed by atoms with van der Waals surface area (Å²) in [5.41, 5.74) is 4.47. The first-order valence-corrected chi connectivity index (χ1v) is 12.1. The van der Waals surface area contributed by atoms with Crippen LogP contribution in [0.5, 0.6) is 0 Å². The minimum absolute atomic E-state index is 0.0397. The van der Waals surface area contributed by atoms with E-state index in [0.29, 0.717) is 23.5 Å². The summed E-state index contributed by atoms with van der Waals surface area (Å²) in [6.07, 6.45) is 10.5. The summed E-state index contributed by atoms with van der Waals surface area (Å²) in [7, 11) is 0. The number of nitrogens with zero attached hydrogens (tertiary/aromatic N) is 8. The molecule has 35 heavy (non-hydrogen) atoms. The largest absolute Gasteiger partial charge is 0.341 e. The van der Waals surface area contributed by atoms with E-state index in [4.69, 9.17) is 4.98 Å². The molecule has 11 heteroatoms. The Labute approximate surface area is 203 Å². The van der Waals surface area contributed by atoms with Crippen LogP contribution in [-0.4, -0.2) is 56.8 Å². The highest BCUT2D eigenvalue weighted by molar-refractivity contribution is 5.79. The standard InChI is InChI=1S/C24H29N9O2/c34-33(35)20-10-7-9-19(17-20)32-16-8-11-21(32)18-25-29-22-26-23(30-12-3-1-4-13-30)28-24(27-22)31-14-5-2-6-15-31/h7-11,16-18H,1-6,12-15H2,(H,26,27,28,29). The first-order valence-electron chi connectivity index (χ1n) is 12.1. The lowest BCUT2D eigenvalue weighted by Crippen LogP contribution is -2.34. The maximum absolute atomic E-state index is 11.2. The average molecular weight is 476 g/mol. The predicted molar refractivity (Wildman–Crippen MR) is 136 cm³/mol. The quantitative estimate of drug-likeness (QED) is 0.310. The van der Waals surface area contributed by atoms with Crippen molar-refractivity contribution in [1.82, 2.24) is 19.5 Å². The van der Waals surface area contributed by atoms with E-state index in [0.717, 1.165) is 57.6 Å². The molecule has 2 aliphatic heterocycles. The molecule has 0 atom stereocenters. The minimum Gasteiger partial charge on any atom is -0.341 e. The van der Waals surface area contributed by atoms with Gasteiger partial charge in [-0.1, -0.05) is 6.07 Å². The Morgan fingerprint density at radius 3 is 2.17 bits per heavy atom. The highest BCUT2D eigenvalue weighted by Crippen LogP contribution is 2.23. The molecule has 0 amide bonds. The van der Waals surface area contributed by atoms with Crippen molar-refractivity contribution in [3.63, 3.8) is 0 Å². The van der Waals surface area contributed by atoms with Gasteiger partial charge in [-0.3, -0.25) is 10.1 Å². The number of benzene rings is 1. The zero-order valence-corrected chi connectivity index (χ0v) is 19.6. The van der Waals surface area contributed by atoms with Crippen LogP contribution in [0.3, 0.4) is 0 Å². The summed E-state index contributed by atoms with van der Waals surface area (Å²) in [4.78, 5) is 29.3. The van der Waals surface area contributed by atoms with Gasteiger partial charge in [-0.25, -0.2) is 5.43 Å². The molecule has 11 nitrogen and oxygen atoms in total. The van der Waals surface area contributed by atoms with Gasteiger partial charge in [0.2, 0.25) is 17.8 Å². The highest BCUT2D eigenvalue weighted by Gasteiger charge is 2.20. The van der Waals surface area contributed by atoms with Crippen LogP contribution in [0.1, 0.15) is 44.2 Å². The first kappa shape index (κ1) is 22.8. The van der Waals surface area contributed by atoms with Crippen LogP contribution in [-0.2, 0) is 0 Å². The Kier molecular flexibility index (Phi) is 6.82. The van der Waals surface area contributed by atoms with Crippen molar-refractivity contribution < 1.29 is 4.92 Å². The van der Waals surface area contributed by atoms with Crippen LogP contribution in [0.15, 0.2) is 47.7 Å². The maximum atomic E-state index is 11.2. The number of rotatable bonds is 7. The molecule has 0 aliphatic carbocycles. The fraction of sp³-hybridized carbons (Fsp3) is 0.417. The third kappa shape index (κ3) is 5.39. The van der Waals surface area contributed by atoms with E-state index in [1.165, 1.54) is 25.0 Å². The Morgan fingerprint density at radius 2 is 1.54 bits per heavy atom. The third-order valence-corrected chi connectivity index (χ3v) is 6.35. The molecule has 5 rings (SSSR count). The van der Waals surface area contributed by atoms with Crippen molar-refractivity contribution in [1.29, 1.82) is 0 Å². The van der Waals surface area contributed by atoms with Gasteiger partial charge in [0.05, 0.1) is 22.5 Å². The Hall–Kier alpha value is -4.02. The molecule has 1 aromatic carbocycles. The number of non-ortho nitro benzene ring substituents is 1. The first-order chi connectivity index (χ1) is 17.2. The number of anilines is 3. The molecule has 2 aromatic heterocycles. The Balaban J connectivity index is 1.37. The number of hydrazone groups is 1. The number of nitro groups is 1. The number of piperidine rings is 2. The van der Waals surface area contributed by atoms with Gasteiger partial charge in [0.25, 0.3) is 5.69 Å². The number of aromatic nitrogens is 4. The smallest absolute Gasteiger partial charge is 0.271 e. The summed E-state index contributed by atoms with van der Waals surface area (Å²) in [6, 6.07) is 10.2. The molecule has 4 heterocycles. The number of nitro benzene ring substituents is 1. The summed E-state index contributed by atoms with van der Waals surface area (Å²) in [5.74, 6) is 1.79. The van der Waals surface area contributed by atoms with Crippen molar-refractivity contribution in [3.8, 4) is 5.69 Å². The van der Waals surface area contributed by atoms with Crippen molar-refractivity contribution >= 4 is 29.7 Å². The van der Waals surface area contributed by atoms with Crippen LogP contribution in [0.2, 0.25) is 0 Å². The second kappa shape index (κ2) is 10.5. The molecule has 0 bridgehead atoms. The van der Waals surface area contributed by atoms with Crippen LogP contribution < -0.4 is 15.2 Å². The molecule has 182 valence electrons. The van der Waals surface area contributed by atoms with E-state index < -0.39 is 4.92 Å². The lowest BCUT2D eigenvalue weighted by atomic mass is 10.1. The summed E-state index contributed by atoms with van der Waals surface area (Å²) in [5, 5.41) is 15.5. The predicted octanol–water partition coefficient (Wildman–Crippen LogP) is 4.00. The summed E-state index contributed by atoms with van der Waals surface area (Å²) in [6.45, 7) is 3.79. The topological polar surface area (TPSA) is 118 Å².